The van der Waals surface area contributed by atoms with Crippen LogP contribution in [0.2, 0.25) is 10.0 Å². The Kier molecular flexibility index (Phi) is 11.8. The van der Waals surface area contributed by atoms with Crippen LogP contribution in [0.25, 0.3) is 0 Å². The summed E-state index contributed by atoms with van der Waals surface area (Å²) in [6, 6.07) is 19.3. The van der Waals surface area contributed by atoms with Crippen molar-refractivity contribution in [2.45, 2.75) is 12.5 Å². The number of phenolic OH excluding ortho intramolecular Hbond substituents is 2. The number of aromatic hydroxyl groups is 2. The van der Waals surface area contributed by atoms with Crippen molar-refractivity contribution in [3.8, 4) is 23.0 Å². The van der Waals surface area contributed by atoms with Crippen molar-refractivity contribution in [2.24, 2.45) is 0 Å². The first-order valence-electron chi connectivity index (χ1n) is 13.3. The molecule has 240 valence electrons. The minimum Gasteiger partial charge on any atom is -0.504 e. The number of hydrogen-bond donors (Lipinski definition) is 6. The van der Waals surface area contributed by atoms with Gasteiger partial charge in [-0.2, -0.15) is 0 Å². The van der Waals surface area contributed by atoms with Crippen molar-refractivity contribution in [3.05, 3.63) is 106 Å². The number of amides is 4. The molecule has 0 aliphatic rings. The van der Waals surface area contributed by atoms with E-state index in [0.717, 1.165) is 0 Å². The number of ether oxygens (including phenoxy) is 2. The molecule has 0 aliphatic carbocycles. The van der Waals surface area contributed by atoms with Crippen molar-refractivity contribution in [2.75, 3.05) is 24.9 Å². The number of urea groups is 2. The van der Waals surface area contributed by atoms with E-state index >= 15 is 0 Å². The van der Waals surface area contributed by atoms with Gasteiger partial charge < -0.3 is 41.0 Å². The summed E-state index contributed by atoms with van der Waals surface area (Å²) in [6.07, 6.45) is -2.83. The van der Waals surface area contributed by atoms with Crippen LogP contribution in [0.1, 0.15) is 23.6 Å². The second-order valence-electron chi connectivity index (χ2n) is 9.27. The maximum absolute atomic E-state index is 13.4. The van der Waals surface area contributed by atoms with Crippen LogP contribution >= 0.6 is 31.5 Å². The molecular weight excluding hydrogens is 662 g/mol. The molecule has 16 heteroatoms. The van der Waals surface area contributed by atoms with Crippen LogP contribution in [-0.4, -0.2) is 36.5 Å². The van der Waals surface area contributed by atoms with Gasteiger partial charge in [-0.3, -0.25) is 0 Å². The van der Waals surface area contributed by atoms with Gasteiger partial charge in [-0.1, -0.05) is 44.4 Å². The van der Waals surface area contributed by atoms with E-state index in [-0.39, 0.29) is 34.1 Å². The first kappa shape index (κ1) is 34.1. The summed E-state index contributed by atoms with van der Waals surface area (Å²) >= 11 is 11.8. The number of anilines is 2. The summed E-state index contributed by atoms with van der Waals surface area (Å²) in [4.78, 5) is 25.8. The molecule has 13 nitrogen and oxygen atoms in total. The van der Waals surface area contributed by atoms with E-state index in [1.165, 1.54) is 50.6 Å². The molecule has 0 fully saturated rings. The lowest BCUT2D eigenvalue weighted by Crippen LogP contribution is -2.34. The van der Waals surface area contributed by atoms with Crippen molar-refractivity contribution < 1.29 is 42.9 Å². The smallest absolute Gasteiger partial charge is 0.504 e. The Hall–Kier alpha value is -4.78. The molecule has 46 heavy (non-hydrogen) atoms. The molecule has 0 radical (unpaired) electrons. The van der Waals surface area contributed by atoms with Gasteiger partial charge in [-0.15, -0.1) is 0 Å². The fraction of sp³-hybridized carbons (Fsp3) is 0.133. The van der Waals surface area contributed by atoms with E-state index in [0.29, 0.717) is 21.4 Å². The summed E-state index contributed by atoms with van der Waals surface area (Å²) < 4.78 is 35.0. The van der Waals surface area contributed by atoms with Gasteiger partial charge in [0.05, 0.1) is 14.2 Å². The first-order chi connectivity index (χ1) is 22.0. The zero-order valence-electron chi connectivity index (χ0n) is 24.2. The monoisotopic (exact) mass is 689 g/mol. The maximum Gasteiger partial charge on any atom is 0.702 e. The lowest BCUT2D eigenvalue weighted by atomic mass is 10.2. The largest absolute Gasteiger partial charge is 0.702 e. The van der Waals surface area contributed by atoms with E-state index < -0.39 is 32.8 Å². The van der Waals surface area contributed by atoms with Gasteiger partial charge in [-0.05, 0) is 72.8 Å². The Balaban J connectivity index is 1.57. The molecule has 0 aliphatic heterocycles. The normalized spacial score (nSPS) is 12.3. The number of nitrogens with one attached hydrogen (secondary N) is 4. The van der Waals surface area contributed by atoms with E-state index in [9.17, 15) is 24.4 Å². The molecule has 0 saturated heterocycles. The number of rotatable bonds is 12. The van der Waals surface area contributed by atoms with Crippen LogP contribution in [0.15, 0.2) is 84.9 Å². The highest BCUT2D eigenvalue weighted by molar-refractivity contribution is 7.33. The van der Waals surface area contributed by atoms with Crippen molar-refractivity contribution in [1.29, 1.82) is 0 Å². The zero-order chi connectivity index (χ0) is 33.2. The van der Waals surface area contributed by atoms with Gasteiger partial charge >= 0.3 is 20.3 Å². The van der Waals surface area contributed by atoms with Gasteiger partial charge in [0.25, 0.3) is 0 Å². The van der Waals surface area contributed by atoms with Gasteiger partial charge in [0.15, 0.2) is 23.0 Å². The lowest BCUT2D eigenvalue weighted by molar-refractivity contribution is 0.107. The fourth-order valence-corrected chi connectivity index (χ4v) is 4.89. The summed E-state index contributed by atoms with van der Waals surface area (Å²) in [5.41, 5.74) is 1.26. The Bertz CT molecular complexity index is 1570. The number of carbonyl (C=O) groups is 2. The lowest BCUT2D eigenvalue weighted by Gasteiger charge is -2.18. The summed E-state index contributed by atoms with van der Waals surface area (Å²) in [5.74, 6) is -0.268. The second kappa shape index (κ2) is 16.0. The number of phenols is 2. The summed E-state index contributed by atoms with van der Waals surface area (Å²) in [6.45, 7) is 0. The van der Waals surface area contributed by atoms with E-state index in [1.807, 2.05) is 0 Å². The van der Waals surface area contributed by atoms with E-state index in [1.54, 1.807) is 48.5 Å². The predicted octanol–water partition coefficient (Wildman–Crippen LogP) is 7.45. The summed E-state index contributed by atoms with van der Waals surface area (Å²) in [7, 11) is -0.455. The minimum absolute atomic E-state index is 0.0526. The number of benzene rings is 4. The van der Waals surface area contributed by atoms with Crippen LogP contribution in [0.4, 0.5) is 21.0 Å². The number of hydrogen-bond acceptors (Lipinski definition) is 9. The number of methoxy groups -OCH3 is 2. The van der Waals surface area contributed by atoms with Crippen LogP contribution in [0, 0.1) is 0 Å². The Morgan fingerprint density at radius 2 is 1.02 bits per heavy atom. The van der Waals surface area contributed by atoms with Gasteiger partial charge in [0, 0.05) is 37.1 Å². The zero-order valence-corrected chi connectivity index (χ0v) is 26.6. The highest BCUT2D eigenvalue weighted by atomic mass is 35.5. The molecule has 0 saturated carbocycles. The molecule has 2 atom stereocenters. The van der Waals surface area contributed by atoms with Gasteiger partial charge in [0.1, 0.15) is 0 Å². The minimum atomic E-state index is -3.11. The molecule has 0 bridgehead atoms. The Labute approximate surface area is 274 Å². The maximum atomic E-state index is 13.4. The van der Waals surface area contributed by atoms with Crippen LogP contribution in [0.5, 0.6) is 23.0 Å². The predicted molar refractivity (Wildman–Crippen MR) is 172 cm³/mol. The Morgan fingerprint density at radius 1 is 0.652 bits per heavy atom. The van der Waals surface area contributed by atoms with Crippen LogP contribution in [-0.2, 0) is 13.6 Å². The Morgan fingerprint density at radius 3 is 1.37 bits per heavy atom. The average Bonchev–Trinajstić information content (AvgIpc) is 3.03. The van der Waals surface area contributed by atoms with Crippen LogP contribution in [0.3, 0.4) is 0 Å². The fourth-order valence-electron chi connectivity index (χ4n) is 3.89. The standard InChI is InChI=1S/C30H27Cl2N4O9P/c1-42-25-15-17(3-13-23(25)37)27(35-29(39)33-21-9-5-19(31)6-10-21)44-46(41)45-28(18-4-14-24(38)26(16-18)43-2)36-30(40)34-22-11-7-20(32)8-12-22/h3-16,27-28H,1-2H3,(H5-,33,34,35,36,37,38,39,40)/p+1. The van der Waals surface area contributed by atoms with Crippen molar-refractivity contribution >= 4 is 54.9 Å². The van der Waals surface area contributed by atoms with Crippen LogP contribution < -0.4 is 30.7 Å². The molecule has 4 amide bonds. The molecule has 0 heterocycles. The number of carbonyl (C=O) groups excluding carboxylic acids is 2. The van der Waals surface area contributed by atoms with Gasteiger partial charge in [-0.25, -0.2) is 9.59 Å². The number of halogens is 2. The molecule has 4 aromatic carbocycles. The first-order valence-corrected chi connectivity index (χ1v) is 15.1. The molecule has 6 N–H and O–H groups in total. The third-order valence-corrected chi connectivity index (χ3v) is 7.39. The SMILES string of the molecule is COc1cc(C(NC(=O)Nc2ccc(Cl)cc2)O[P+](=O)OC(NC(=O)Nc2ccc(Cl)cc2)c2ccc(O)c(OC)c2)ccc1O. The summed E-state index contributed by atoms with van der Waals surface area (Å²) in [5, 5.41) is 31.4. The van der Waals surface area contributed by atoms with E-state index in [2.05, 4.69) is 21.3 Å². The average molecular weight is 690 g/mol. The van der Waals surface area contributed by atoms with Crippen molar-refractivity contribution in [3.63, 3.8) is 0 Å². The van der Waals surface area contributed by atoms with Crippen molar-refractivity contribution in [1.82, 2.24) is 10.6 Å². The molecule has 4 rings (SSSR count). The third-order valence-electron chi connectivity index (χ3n) is 6.12. The second-order valence-corrected chi connectivity index (χ2v) is 11.0. The topological polar surface area (TPSA) is 177 Å². The molecule has 4 aromatic rings. The van der Waals surface area contributed by atoms with Gasteiger partial charge in [0.2, 0.25) is 12.5 Å². The molecular formula is C30H28Cl2N4O9P+. The van der Waals surface area contributed by atoms with E-state index in [4.69, 9.17) is 41.7 Å². The molecule has 2 unspecified atom stereocenters. The quantitative estimate of drug-likeness (QED) is 0.0651. The molecule has 0 aromatic heterocycles. The highest BCUT2D eigenvalue weighted by Crippen LogP contribution is 2.40. The molecule has 0 spiro atoms. The highest BCUT2D eigenvalue weighted by Gasteiger charge is 2.36. The third kappa shape index (κ3) is 9.61.